The summed E-state index contributed by atoms with van der Waals surface area (Å²) in [6, 6.07) is 4.37. The molecular formula is C16H25FN2O. The van der Waals surface area contributed by atoms with Crippen LogP contribution in [0.5, 0.6) is 0 Å². The van der Waals surface area contributed by atoms with Crippen molar-refractivity contribution < 1.29 is 9.18 Å². The van der Waals surface area contributed by atoms with E-state index in [2.05, 4.69) is 18.8 Å². The molecule has 1 aromatic heterocycles. The van der Waals surface area contributed by atoms with Crippen molar-refractivity contribution in [2.75, 3.05) is 13.1 Å². The van der Waals surface area contributed by atoms with Crippen LogP contribution in [0.3, 0.4) is 0 Å². The molecule has 0 N–H and O–H groups in total. The van der Waals surface area contributed by atoms with Gasteiger partial charge in [0.25, 0.3) is 5.91 Å². The molecule has 20 heavy (non-hydrogen) atoms. The van der Waals surface area contributed by atoms with Crippen LogP contribution in [0.25, 0.3) is 0 Å². The van der Waals surface area contributed by atoms with Gasteiger partial charge < -0.3 is 4.90 Å². The molecule has 1 aromatic rings. The molecule has 0 radical (unpaired) electrons. The molecule has 0 atom stereocenters. The highest BCUT2D eigenvalue weighted by Gasteiger charge is 2.16. The molecule has 112 valence electrons. The normalized spacial score (nSPS) is 10.6. The fourth-order valence-electron chi connectivity index (χ4n) is 2.11. The third-order valence-electron chi connectivity index (χ3n) is 3.28. The molecule has 0 spiro atoms. The summed E-state index contributed by atoms with van der Waals surface area (Å²) < 4.78 is 13.1. The van der Waals surface area contributed by atoms with Gasteiger partial charge in [-0.2, -0.15) is 4.39 Å². The zero-order valence-electron chi connectivity index (χ0n) is 12.6. The van der Waals surface area contributed by atoms with Crippen LogP contribution in [0.2, 0.25) is 0 Å². The molecule has 0 saturated carbocycles. The topological polar surface area (TPSA) is 33.2 Å². The van der Waals surface area contributed by atoms with E-state index in [4.69, 9.17) is 0 Å². The van der Waals surface area contributed by atoms with Crippen molar-refractivity contribution in [3.8, 4) is 0 Å². The first kappa shape index (κ1) is 16.6. The van der Waals surface area contributed by atoms with Gasteiger partial charge in [0.2, 0.25) is 5.95 Å². The van der Waals surface area contributed by atoms with Gasteiger partial charge >= 0.3 is 0 Å². The SMILES string of the molecule is CCCCCN(CCCCC)C(=O)c1cccc(F)n1. The number of rotatable bonds is 9. The molecule has 0 aliphatic carbocycles. The van der Waals surface area contributed by atoms with Gasteiger partial charge in [-0.15, -0.1) is 0 Å². The van der Waals surface area contributed by atoms with Gasteiger partial charge in [0.15, 0.2) is 0 Å². The predicted octanol–water partition coefficient (Wildman–Crippen LogP) is 4.04. The van der Waals surface area contributed by atoms with Crippen molar-refractivity contribution in [3.63, 3.8) is 0 Å². The highest BCUT2D eigenvalue weighted by atomic mass is 19.1. The molecule has 3 nitrogen and oxygen atoms in total. The number of pyridine rings is 1. The molecule has 0 bridgehead atoms. The molecular weight excluding hydrogens is 255 g/mol. The zero-order valence-corrected chi connectivity index (χ0v) is 12.6. The largest absolute Gasteiger partial charge is 0.337 e. The van der Waals surface area contributed by atoms with E-state index in [1.807, 2.05) is 4.90 Å². The second-order valence-electron chi connectivity index (χ2n) is 5.05. The Kier molecular flexibility index (Phi) is 7.85. The number of amides is 1. The van der Waals surface area contributed by atoms with Gasteiger partial charge in [-0.25, -0.2) is 4.98 Å². The summed E-state index contributed by atoms with van der Waals surface area (Å²) in [4.78, 5) is 17.9. The third-order valence-corrected chi connectivity index (χ3v) is 3.28. The highest BCUT2D eigenvalue weighted by molar-refractivity contribution is 5.92. The Hall–Kier alpha value is -1.45. The van der Waals surface area contributed by atoms with E-state index in [0.29, 0.717) is 0 Å². The van der Waals surface area contributed by atoms with Crippen LogP contribution < -0.4 is 0 Å². The minimum absolute atomic E-state index is 0.156. The predicted molar refractivity (Wildman–Crippen MR) is 79.1 cm³/mol. The van der Waals surface area contributed by atoms with Crippen molar-refractivity contribution in [3.05, 3.63) is 29.8 Å². The molecule has 4 heteroatoms. The van der Waals surface area contributed by atoms with E-state index in [9.17, 15) is 9.18 Å². The van der Waals surface area contributed by atoms with Crippen molar-refractivity contribution in [2.45, 2.75) is 52.4 Å². The van der Waals surface area contributed by atoms with Crippen molar-refractivity contribution in [1.82, 2.24) is 9.88 Å². The van der Waals surface area contributed by atoms with E-state index in [-0.39, 0.29) is 11.6 Å². The number of halogens is 1. The lowest BCUT2D eigenvalue weighted by atomic mass is 10.2. The number of unbranched alkanes of at least 4 members (excludes halogenated alkanes) is 4. The summed E-state index contributed by atoms with van der Waals surface area (Å²) in [7, 11) is 0. The van der Waals surface area contributed by atoms with Crippen molar-refractivity contribution in [1.29, 1.82) is 0 Å². The van der Waals surface area contributed by atoms with Gasteiger partial charge in [0, 0.05) is 13.1 Å². The van der Waals surface area contributed by atoms with Crippen LogP contribution in [-0.2, 0) is 0 Å². The average molecular weight is 280 g/mol. The monoisotopic (exact) mass is 280 g/mol. The number of nitrogens with zero attached hydrogens (tertiary/aromatic N) is 2. The molecule has 0 fully saturated rings. The fourth-order valence-corrected chi connectivity index (χ4v) is 2.11. The Bertz CT molecular complexity index is 399. The zero-order chi connectivity index (χ0) is 14.8. The Morgan fingerprint density at radius 2 is 1.70 bits per heavy atom. The Balaban J connectivity index is 2.66. The maximum absolute atomic E-state index is 13.1. The molecule has 1 rings (SSSR count). The number of carbonyl (C=O) groups is 1. The summed E-state index contributed by atoms with van der Waals surface area (Å²) in [6.45, 7) is 5.73. The number of hydrogen-bond acceptors (Lipinski definition) is 2. The van der Waals surface area contributed by atoms with Crippen molar-refractivity contribution in [2.24, 2.45) is 0 Å². The summed E-state index contributed by atoms with van der Waals surface area (Å²) in [5.41, 5.74) is 0.206. The molecule has 0 aliphatic heterocycles. The first-order valence-corrected chi connectivity index (χ1v) is 7.60. The number of aromatic nitrogens is 1. The highest BCUT2D eigenvalue weighted by Crippen LogP contribution is 2.08. The maximum atomic E-state index is 13.1. The van der Waals surface area contributed by atoms with E-state index in [1.165, 1.54) is 12.1 Å². The average Bonchev–Trinajstić information content (AvgIpc) is 2.45. The van der Waals surface area contributed by atoms with Crippen LogP contribution in [0.1, 0.15) is 62.9 Å². The molecule has 1 heterocycles. The minimum atomic E-state index is -0.599. The van der Waals surface area contributed by atoms with Crippen LogP contribution >= 0.6 is 0 Å². The summed E-state index contributed by atoms with van der Waals surface area (Å²) in [5.74, 6) is -0.755. The van der Waals surface area contributed by atoms with Gasteiger partial charge in [-0.05, 0) is 25.0 Å². The van der Waals surface area contributed by atoms with Crippen LogP contribution in [0, 0.1) is 5.95 Å². The molecule has 0 saturated heterocycles. The Morgan fingerprint density at radius 1 is 1.10 bits per heavy atom. The second-order valence-corrected chi connectivity index (χ2v) is 5.05. The van der Waals surface area contributed by atoms with E-state index < -0.39 is 5.95 Å². The molecule has 0 aromatic carbocycles. The van der Waals surface area contributed by atoms with Gasteiger partial charge in [-0.1, -0.05) is 45.6 Å². The van der Waals surface area contributed by atoms with E-state index >= 15 is 0 Å². The smallest absolute Gasteiger partial charge is 0.272 e. The van der Waals surface area contributed by atoms with Gasteiger partial charge in [-0.3, -0.25) is 4.79 Å². The number of hydrogen-bond donors (Lipinski definition) is 0. The van der Waals surface area contributed by atoms with Crippen LogP contribution in [0.4, 0.5) is 4.39 Å². The van der Waals surface area contributed by atoms with E-state index in [1.54, 1.807) is 6.07 Å². The summed E-state index contributed by atoms with van der Waals surface area (Å²) >= 11 is 0. The molecule has 1 amide bonds. The van der Waals surface area contributed by atoms with Crippen LogP contribution in [0.15, 0.2) is 18.2 Å². The number of carbonyl (C=O) groups excluding carboxylic acids is 1. The Morgan fingerprint density at radius 3 is 2.20 bits per heavy atom. The van der Waals surface area contributed by atoms with Gasteiger partial charge in [0.1, 0.15) is 5.69 Å². The molecule has 0 unspecified atom stereocenters. The minimum Gasteiger partial charge on any atom is -0.337 e. The standard InChI is InChI=1S/C16H25FN2O/c1-3-5-7-12-19(13-8-6-4-2)16(20)14-10-9-11-15(17)18-14/h9-11H,3-8,12-13H2,1-2H3. The lowest BCUT2D eigenvalue weighted by Gasteiger charge is -2.22. The molecule has 0 aliphatic rings. The van der Waals surface area contributed by atoms with Gasteiger partial charge in [0.05, 0.1) is 0 Å². The van der Waals surface area contributed by atoms with Crippen molar-refractivity contribution >= 4 is 5.91 Å². The summed E-state index contributed by atoms with van der Waals surface area (Å²) in [6.07, 6.45) is 6.43. The second kappa shape index (κ2) is 9.45. The first-order chi connectivity index (χ1) is 9.69. The third kappa shape index (κ3) is 5.68. The summed E-state index contributed by atoms with van der Waals surface area (Å²) in [5, 5.41) is 0. The van der Waals surface area contributed by atoms with Crippen LogP contribution in [-0.4, -0.2) is 28.9 Å². The quantitative estimate of drug-likeness (QED) is 0.505. The first-order valence-electron chi connectivity index (χ1n) is 7.60. The fraction of sp³-hybridized carbons (Fsp3) is 0.625. The maximum Gasteiger partial charge on any atom is 0.272 e. The lowest BCUT2D eigenvalue weighted by Crippen LogP contribution is -2.33. The van der Waals surface area contributed by atoms with E-state index in [0.717, 1.165) is 51.6 Å². The lowest BCUT2D eigenvalue weighted by molar-refractivity contribution is 0.0742. The Labute approximate surface area is 121 Å².